The second-order valence-electron chi connectivity index (χ2n) is 2.89. The minimum atomic E-state index is -1.01. The second kappa shape index (κ2) is 6.28. The van der Waals surface area contributed by atoms with Gasteiger partial charge in [-0.1, -0.05) is 0 Å². The first-order chi connectivity index (χ1) is 6.13. The van der Waals surface area contributed by atoms with Gasteiger partial charge in [0.1, 0.15) is 0 Å². The molecule has 0 aromatic heterocycles. The van der Waals surface area contributed by atoms with Crippen molar-refractivity contribution in [2.45, 2.75) is 13.0 Å². The predicted molar refractivity (Wildman–Crippen MR) is 47.0 cm³/mol. The molecule has 0 aliphatic heterocycles. The Morgan fingerprint density at radius 1 is 1.50 bits per heavy atom. The van der Waals surface area contributed by atoms with Crippen molar-refractivity contribution in [2.75, 3.05) is 0 Å². The van der Waals surface area contributed by atoms with E-state index in [9.17, 15) is 9.90 Å². The van der Waals surface area contributed by atoms with E-state index in [4.69, 9.17) is 5.11 Å². The van der Waals surface area contributed by atoms with Gasteiger partial charge in [0.25, 0.3) is 0 Å². The van der Waals surface area contributed by atoms with Gasteiger partial charge in [-0.3, -0.25) is 4.79 Å². The number of rotatable bonds is 3. The zero-order chi connectivity index (χ0) is 9.84. The topological polar surface area (TPSA) is 57.5 Å². The summed E-state index contributed by atoms with van der Waals surface area (Å²) in [5.74, 6) is -1.82. The first-order valence-electron chi connectivity index (χ1n) is 4.00. The van der Waals surface area contributed by atoms with Crippen molar-refractivity contribution in [1.82, 2.24) is 0 Å². The van der Waals surface area contributed by atoms with Gasteiger partial charge < -0.3 is 10.2 Å². The number of hydrogen-bond donors (Lipinski definition) is 2. The van der Waals surface area contributed by atoms with Crippen molar-refractivity contribution in [3.63, 3.8) is 0 Å². The molecule has 1 radical (unpaired) electrons. The van der Waals surface area contributed by atoms with Crippen LogP contribution < -0.4 is 0 Å². The maximum absolute atomic E-state index is 10.5. The normalized spacial score (nSPS) is 13.9. The van der Waals surface area contributed by atoms with Gasteiger partial charge in [0, 0.05) is 32.7 Å². The van der Waals surface area contributed by atoms with E-state index in [0.717, 1.165) is 0 Å². The van der Waals surface area contributed by atoms with Crippen molar-refractivity contribution >= 4 is 5.97 Å². The van der Waals surface area contributed by atoms with Crippen LogP contribution in [0.25, 0.3) is 0 Å². The van der Waals surface area contributed by atoms with E-state index in [0.29, 0.717) is 5.56 Å². The van der Waals surface area contributed by atoms with Gasteiger partial charge in [-0.15, -0.1) is 5.56 Å². The fraction of sp³-hybridized carbons (Fsp3) is 0.300. The van der Waals surface area contributed by atoms with E-state index in [2.05, 4.69) is 6.07 Å². The van der Waals surface area contributed by atoms with Crippen molar-refractivity contribution in [1.29, 1.82) is 0 Å². The van der Waals surface area contributed by atoms with Crippen LogP contribution in [0.4, 0.5) is 0 Å². The molecular formula is C10H11O3Y-. The fourth-order valence-electron chi connectivity index (χ4n) is 0.996. The number of carboxylic acid groups (broad SMARTS) is 1. The molecule has 0 fully saturated rings. The van der Waals surface area contributed by atoms with Crippen molar-refractivity contribution < 1.29 is 47.7 Å². The van der Waals surface area contributed by atoms with Crippen LogP contribution in [0.15, 0.2) is 24.3 Å². The average molecular weight is 268 g/mol. The molecule has 0 saturated carbocycles. The number of benzene rings is 1. The Kier molecular flexibility index (Phi) is 6.17. The number of hydrogen-bond acceptors (Lipinski definition) is 2. The minimum Gasteiger partial charge on any atom is -0.481 e. The first-order valence-corrected chi connectivity index (χ1v) is 4.00. The summed E-state index contributed by atoms with van der Waals surface area (Å²) in [6, 6.07) is 9.60. The van der Waals surface area contributed by atoms with Gasteiger partial charge >= 0.3 is 5.97 Å². The summed E-state index contributed by atoms with van der Waals surface area (Å²) in [5.41, 5.74) is 0.511. The van der Waals surface area contributed by atoms with Gasteiger partial charge in [-0.2, -0.15) is 30.3 Å². The molecule has 14 heavy (non-hydrogen) atoms. The van der Waals surface area contributed by atoms with Crippen LogP contribution in [0.3, 0.4) is 0 Å². The van der Waals surface area contributed by atoms with Gasteiger partial charge in [0.05, 0.1) is 12.0 Å². The van der Waals surface area contributed by atoms with Crippen LogP contribution in [0.2, 0.25) is 0 Å². The van der Waals surface area contributed by atoms with Crippen LogP contribution in [-0.4, -0.2) is 16.2 Å². The molecule has 0 aliphatic carbocycles. The van der Waals surface area contributed by atoms with Gasteiger partial charge in [-0.25, -0.2) is 0 Å². The van der Waals surface area contributed by atoms with Crippen LogP contribution in [0.1, 0.15) is 18.6 Å². The molecule has 0 spiro atoms. The van der Waals surface area contributed by atoms with Gasteiger partial charge in [0.2, 0.25) is 0 Å². The van der Waals surface area contributed by atoms with E-state index in [-0.39, 0.29) is 32.7 Å². The third-order valence-electron chi connectivity index (χ3n) is 1.91. The summed E-state index contributed by atoms with van der Waals surface area (Å²) in [6.07, 6.45) is -0.987. The molecule has 73 valence electrons. The Hall–Kier alpha value is -0.246. The predicted octanol–water partition coefficient (Wildman–Crippen LogP) is 1.24. The molecule has 0 bridgehead atoms. The SMILES string of the molecule is C[C@@H](C(=O)O)[C@@H](O)c1[c-]cccc1.[Y]. The first kappa shape index (κ1) is 13.8. The molecular weight excluding hydrogens is 257 g/mol. The molecule has 2 atom stereocenters. The van der Waals surface area contributed by atoms with E-state index in [1.807, 2.05) is 0 Å². The summed E-state index contributed by atoms with van der Waals surface area (Å²) in [7, 11) is 0. The van der Waals surface area contributed by atoms with Crippen LogP contribution in [-0.2, 0) is 37.5 Å². The molecule has 2 N–H and O–H groups in total. The van der Waals surface area contributed by atoms with Crippen molar-refractivity contribution in [3.8, 4) is 0 Å². The largest absolute Gasteiger partial charge is 0.481 e. The van der Waals surface area contributed by atoms with E-state index in [1.165, 1.54) is 6.92 Å². The van der Waals surface area contributed by atoms with E-state index < -0.39 is 18.0 Å². The Balaban J connectivity index is 0.00000169. The standard InChI is InChI=1S/C10H11O3.Y/c1-7(10(12)13)9(11)8-5-3-2-4-6-8;/h2-5,7,9,11H,1H3,(H,12,13);/q-1;/t7-,9-;/m1./s1. The average Bonchev–Trinajstić information content (AvgIpc) is 2.17. The summed E-state index contributed by atoms with van der Waals surface area (Å²) in [6.45, 7) is 1.47. The number of carbonyl (C=O) groups is 1. The third-order valence-corrected chi connectivity index (χ3v) is 1.91. The monoisotopic (exact) mass is 268 g/mol. The summed E-state index contributed by atoms with van der Waals surface area (Å²) >= 11 is 0. The molecule has 0 amide bonds. The Labute approximate surface area is 108 Å². The van der Waals surface area contributed by atoms with Crippen molar-refractivity contribution in [3.05, 3.63) is 35.9 Å². The van der Waals surface area contributed by atoms with Crippen LogP contribution in [0, 0.1) is 12.0 Å². The quantitative estimate of drug-likeness (QED) is 0.811. The Bertz CT molecular complexity index is 287. The molecule has 1 aromatic rings. The molecule has 0 saturated heterocycles. The molecule has 3 nitrogen and oxygen atoms in total. The smallest absolute Gasteiger partial charge is 0.309 e. The summed E-state index contributed by atoms with van der Waals surface area (Å²) in [4.78, 5) is 10.5. The number of aliphatic hydroxyl groups excluding tert-OH is 1. The summed E-state index contributed by atoms with van der Waals surface area (Å²) < 4.78 is 0. The molecule has 1 rings (SSSR count). The molecule has 0 aliphatic rings. The zero-order valence-electron chi connectivity index (χ0n) is 7.84. The number of aliphatic carboxylic acids is 1. The number of aliphatic hydroxyl groups is 1. The number of carboxylic acids is 1. The fourth-order valence-corrected chi connectivity index (χ4v) is 0.996. The minimum absolute atomic E-state index is 0. The molecule has 4 heteroatoms. The molecule has 0 heterocycles. The molecule has 0 unspecified atom stereocenters. The van der Waals surface area contributed by atoms with Gasteiger partial charge in [-0.05, 0) is 6.92 Å². The maximum atomic E-state index is 10.5. The van der Waals surface area contributed by atoms with E-state index >= 15 is 0 Å². The zero-order valence-corrected chi connectivity index (χ0v) is 10.7. The maximum Gasteiger partial charge on any atom is 0.309 e. The Morgan fingerprint density at radius 2 is 2.14 bits per heavy atom. The second-order valence-corrected chi connectivity index (χ2v) is 2.89. The van der Waals surface area contributed by atoms with Crippen LogP contribution in [0.5, 0.6) is 0 Å². The third kappa shape index (κ3) is 3.48. The van der Waals surface area contributed by atoms with E-state index in [1.54, 1.807) is 24.3 Å². The van der Waals surface area contributed by atoms with Crippen LogP contribution >= 0.6 is 0 Å². The van der Waals surface area contributed by atoms with Gasteiger partial charge in [0.15, 0.2) is 0 Å². The summed E-state index contributed by atoms with van der Waals surface area (Å²) in [5, 5.41) is 18.2. The van der Waals surface area contributed by atoms with Crippen molar-refractivity contribution in [2.24, 2.45) is 5.92 Å². The Morgan fingerprint density at radius 3 is 2.57 bits per heavy atom. The molecule has 1 aromatic carbocycles.